The molecule has 2 saturated heterocycles. The molecule has 7 heteroatoms. The Kier molecular flexibility index (Phi) is 6.04. The molecule has 4 rings (SSSR count). The monoisotopic (exact) mass is 405 g/mol. The van der Waals surface area contributed by atoms with Crippen molar-refractivity contribution in [2.24, 2.45) is 5.92 Å². The Morgan fingerprint density at radius 1 is 0.893 bits per heavy atom. The molecule has 3 fully saturated rings. The van der Waals surface area contributed by atoms with Gasteiger partial charge in [0.2, 0.25) is 15.9 Å². The molecule has 0 radical (unpaired) electrons. The van der Waals surface area contributed by atoms with Crippen molar-refractivity contribution in [1.29, 1.82) is 0 Å². The van der Waals surface area contributed by atoms with Crippen molar-refractivity contribution in [1.82, 2.24) is 14.1 Å². The summed E-state index contributed by atoms with van der Waals surface area (Å²) < 4.78 is 27.0. The average Bonchev–Trinajstić information content (AvgIpc) is 2.74. The molecule has 2 atom stereocenters. The minimum absolute atomic E-state index is 0.232. The number of nitrogens with zero attached hydrogens (tertiary/aromatic N) is 3. The fourth-order valence-electron chi connectivity index (χ4n) is 5.09. The number of fused-ring (bicyclic) bond motifs is 1. The van der Waals surface area contributed by atoms with E-state index in [0.29, 0.717) is 49.6 Å². The molecule has 28 heavy (non-hydrogen) atoms. The van der Waals surface area contributed by atoms with E-state index in [9.17, 15) is 13.2 Å². The Balaban J connectivity index is 1.32. The van der Waals surface area contributed by atoms with Crippen molar-refractivity contribution in [2.75, 3.05) is 39.3 Å². The van der Waals surface area contributed by atoms with Crippen molar-refractivity contribution >= 4 is 15.9 Å². The number of sulfonamides is 1. The van der Waals surface area contributed by atoms with Crippen molar-refractivity contribution in [3.05, 3.63) is 30.3 Å². The summed E-state index contributed by atoms with van der Waals surface area (Å²) in [7, 11) is -3.44. The maximum absolute atomic E-state index is 13.0. The Morgan fingerprint density at radius 2 is 1.57 bits per heavy atom. The number of rotatable bonds is 4. The summed E-state index contributed by atoms with van der Waals surface area (Å²) in [5, 5.41) is 0. The highest BCUT2D eigenvalue weighted by Gasteiger charge is 2.36. The van der Waals surface area contributed by atoms with E-state index in [4.69, 9.17) is 0 Å². The van der Waals surface area contributed by atoms with Crippen LogP contribution < -0.4 is 0 Å². The van der Waals surface area contributed by atoms with Gasteiger partial charge in [-0.05, 0) is 43.7 Å². The molecule has 0 aromatic heterocycles. The second-order valence-corrected chi connectivity index (χ2v) is 10.3. The van der Waals surface area contributed by atoms with Gasteiger partial charge >= 0.3 is 0 Å². The molecule has 154 valence electrons. The first kappa shape index (κ1) is 19.9. The number of likely N-dealkylation sites (tertiary alicyclic amines) is 1. The van der Waals surface area contributed by atoms with Gasteiger partial charge in [0.05, 0.1) is 11.4 Å². The topological polar surface area (TPSA) is 60.9 Å². The number of carbonyl (C=O) groups is 1. The highest BCUT2D eigenvalue weighted by Crippen LogP contribution is 2.35. The molecule has 1 saturated carbocycles. The first-order valence-electron chi connectivity index (χ1n) is 10.6. The van der Waals surface area contributed by atoms with Gasteiger partial charge in [-0.25, -0.2) is 8.42 Å². The van der Waals surface area contributed by atoms with Gasteiger partial charge in [-0.2, -0.15) is 4.31 Å². The lowest BCUT2D eigenvalue weighted by molar-refractivity contribution is -0.139. The molecule has 1 aromatic carbocycles. The smallest absolute Gasteiger partial charge is 0.243 e. The van der Waals surface area contributed by atoms with Crippen molar-refractivity contribution in [2.45, 2.75) is 49.5 Å². The normalized spacial score (nSPS) is 27.4. The van der Waals surface area contributed by atoms with Gasteiger partial charge in [-0.3, -0.25) is 9.69 Å². The van der Waals surface area contributed by atoms with Crippen molar-refractivity contribution < 1.29 is 13.2 Å². The number of hydrogen-bond donors (Lipinski definition) is 0. The summed E-state index contributed by atoms with van der Waals surface area (Å²) in [5.74, 6) is 0.926. The molecule has 0 spiro atoms. The zero-order chi connectivity index (χ0) is 19.6. The second kappa shape index (κ2) is 8.51. The minimum atomic E-state index is -3.44. The average molecular weight is 406 g/mol. The van der Waals surface area contributed by atoms with Crippen molar-refractivity contribution in [3.63, 3.8) is 0 Å². The summed E-state index contributed by atoms with van der Waals surface area (Å²) >= 11 is 0. The molecule has 0 bridgehead atoms. The fraction of sp³-hybridized carbons (Fsp3) is 0.667. The lowest BCUT2D eigenvalue weighted by atomic mass is 9.78. The van der Waals surface area contributed by atoms with E-state index in [1.165, 1.54) is 25.7 Å². The standard InChI is InChI=1S/C21H31N3O3S/c25-21(24-12-6-8-18-7-4-5-11-20(18)24)17-22-13-15-23(16-14-22)28(26,27)19-9-2-1-3-10-19/h1-3,9-10,18,20H,4-8,11-17H2. The van der Waals surface area contributed by atoms with Gasteiger partial charge in [-0.15, -0.1) is 0 Å². The summed E-state index contributed by atoms with van der Waals surface area (Å²) in [6, 6.07) is 9.04. The van der Waals surface area contributed by atoms with Gasteiger partial charge in [0, 0.05) is 38.8 Å². The molecular weight excluding hydrogens is 374 g/mol. The van der Waals surface area contributed by atoms with Gasteiger partial charge in [0.15, 0.2) is 0 Å². The zero-order valence-electron chi connectivity index (χ0n) is 16.5. The van der Waals surface area contributed by atoms with E-state index >= 15 is 0 Å². The number of hydrogen-bond acceptors (Lipinski definition) is 4. The van der Waals surface area contributed by atoms with E-state index in [1.807, 2.05) is 6.07 Å². The van der Waals surface area contributed by atoms with Crippen LogP contribution in [0.25, 0.3) is 0 Å². The van der Waals surface area contributed by atoms with Crippen LogP contribution in [-0.2, 0) is 14.8 Å². The maximum Gasteiger partial charge on any atom is 0.243 e. The van der Waals surface area contributed by atoms with Crippen molar-refractivity contribution in [3.8, 4) is 0 Å². The predicted octanol–water partition coefficient (Wildman–Crippen LogP) is 2.17. The Morgan fingerprint density at radius 3 is 2.32 bits per heavy atom. The van der Waals surface area contributed by atoms with Crippen LogP contribution in [0.4, 0.5) is 0 Å². The summed E-state index contributed by atoms with van der Waals surface area (Å²) in [5.41, 5.74) is 0. The Labute approximate surface area is 168 Å². The van der Waals surface area contributed by atoms with E-state index in [0.717, 1.165) is 19.4 Å². The third-order valence-electron chi connectivity index (χ3n) is 6.63. The van der Waals surface area contributed by atoms with Crippen LogP contribution in [0.2, 0.25) is 0 Å². The lowest BCUT2D eigenvalue weighted by Crippen LogP contribution is -2.55. The largest absolute Gasteiger partial charge is 0.338 e. The SMILES string of the molecule is O=C(CN1CCN(S(=O)(=O)c2ccccc2)CC1)N1CCCC2CCCCC21. The molecular formula is C21H31N3O3S. The second-order valence-electron chi connectivity index (χ2n) is 8.33. The maximum atomic E-state index is 13.0. The minimum Gasteiger partial charge on any atom is -0.338 e. The van der Waals surface area contributed by atoms with Gasteiger partial charge < -0.3 is 4.90 Å². The molecule has 0 N–H and O–H groups in total. The number of amides is 1. The molecule has 2 aliphatic heterocycles. The van der Waals surface area contributed by atoms with Crippen LogP contribution in [0.1, 0.15) is 38.5 Å². The van der Waals surface area contributed by atoms with Crippen LogP contribution in [0.5, 0.6) is 0 Å². The third kappa shape index (κ3) is 4.11. The molecule has 2 unspecified atom stereocenters. The van der Waals surface area contributed by atoms with Crippen LogP contribution in [0.3, 0.4) is 0 Å². The summed E-state index contributed by atoms with van der Waals surface area (Å²) in [4.78, 5) is 17.6. The fourth-order valence-corrected chi connectivity index (χ4v) is 6.53. The Hall–Kier alpha value is -1.44. The molecule has 1 aliphatic carbocycles. The van der Waals surface area contributed by atoms with Crippen LogP contribution in [0, 0.1) is 5.92 Å². The predicted molar refractivity (Wildman–Crippen MR) is 108 cm³/mol. The van der Waals surface area contributed by atoms with Crippen LogP contribution in [-0.4, -0.2) is 73.7 Å². The number of piperazine rings is 1. The highest BCUT2D eigenvalue weighted by molar-refractivity contribution is 7.89. The molecule has 3 aliphatic rings. The summed E-state index contributed by atoms with van der Waals surface area (Å²) in [6.45, 7) is 3.41. The van der Waals surface area contributed by atoms with E-state index < -0.39 is 10.0 Å². The summed E-state index contributed by atoms with van der Waals surface area (Å²) in [6.07, 6.45) is 7.35. The molecule has 2 heterocycles. The van der Waals surface area contributed by atoms with E-state index in [-0.39, 0.29) is 5.91 Å². The zero-order valence-corrected chi connectivity index (χ0v) is 17.3. The number of piperidine rings is 1. The van der Waals surface area contributed by atoms with E-state index in [1.54, 1.807) is 28.6 Å². The first-order valence-corrected chi connectivity index (χ1v) is 12.1. The number of carbonyl (C=O) groups excluding carboxylic acids is 1. The van der Waals surface area contributed by atoms with E-state index in [2.05, 4.69) is 9.80 Å². The molecule has 1 amide bonds. The quantitative estimate of drug-likeness (QED) is 0.770. The highest BCUT2D eigenvalue weighted by atomic mass is 32.2. The van der Waals surface area contributed by atoms with Gasteiger partial charge in [0.25, 0.3) is 0 Å². The Bertz CT molecular complexity index is 773. The number of benzene rings is 1. The van der Waals surface area contributed by atoms with Gasteiger partial charge in [0.1, 0.15) is 0 Å². The molecule has 6 nitrogen and oxygen atoms in total. The molecule has 1 aromatic rings. The lowest BCUT2D eigenvalue weighted by Gasteiger charge is -2.45. The first-order chi connectivity index (χ1) is 13.6. The van der Waals surface area contributed by atoms with Crippen LogP contribution >= 0.6 is 0 Å². The third-order valence-corrected chi connectivity index (χ3v) is 8.55. The van der Waals surface area contributed by atoms with Gasteiger partial charge in [-0.1, -0.05) is 31.0 Å². The van der Waals surface area contributed by atoms with Crippen LogP contribution in [0.15, 0.2) is 35.2 Å².